The molecule has 2 N–H and O–H groups in total. The topological polar surface area (TPSA) is 109 Å². The lowest BCUT2D eigenvalue weighted by atomic mass is 9.88. The van der Waals surface area contributed by atoms with E-state index in [1.807, 2.05) is 46.4 Å². The van der Waals surface area contributed by atoms with Gasteiger partial charge in [0.25, 0.3) is 5.56 Å². The predicted molar refractivity (Wildman–Crippen MR) is 494 cm³/mol. The number of nitrogens with one attached hydrogen (secondary N) is 1. The zero-order valence-electron chi connectivity index (χ0n) is 65.2. The Balaban J connectivity index is 0.0000000994. The smallest absolute Gasteiger partial charge is 0.336 e. The van der Waals surface area contributed by atoms with Crippen LogP contribution in [-0.4, -0.2) is 44.3 Å². The Bertz CT molecular complexity index is 7650. The molecule has 2 heterocycles. The molecule has 8 nitrogen and oxygen atoms in total. The number of carboxylic acids is 1. The third kappa shape index (κ3) is 13.0. The highest BCUT2D eigenvalue weighted by Crippen LogP contribution is 2.45. The molecule has 560 valence electrons. The molecule has 0 spiro atoms. The van der Waals surface area contributed by atoms with Crippen LogP contribution < -0.4 is 41.0 Å². The van der Waals surface area contributed by atoms with Gasteiger partial charge in [-0.3, -0.25) is 4.79 Å². The van der Waals surface area contributed by atoms with Gasteiger partial charge in [-0.2, -0.15) is 0 Å². The number of fused-ring (bicyclic) bond motifs is 7. The van der Waals surface area contributed by atoms with Crippen molar-refractivity contribution in [2.45, 2.75) is 0 Å². The van der Waals surface area contributed by atoms with Gasteiger partial charge in [-0.05, 0) is 220 Å². The van der Waals surface area contributed by atoms with Crippen LogP contribution in [0.2, 0.25) is 0 Å². The zero-order valence-corrected chi connectivity index (χ0v) is 65.2. The minimum Gasteiger partial charge on any atom is -0.872 e. The van der Waals surface area contributed by atoms with Gasteiger partial charge < -0.3 is 29.7 Å². The summed E-state index contributed by atoms with van der Waals surface area (Å²) in [7, 11) is 8.15. The summed E-state index contributed by atoms with van der Waals surface area (Å²) in [5.41, 5.74) is 8.49. The molecular weight excluding hydrogens is 1440 g/mol. The van der Waals surface area contributed by atoms with Crippen LogP contribution in [0, 0.1) is 23.7 Å². The second-order valence-corrected chi connectivity index (χ2v) is 30.3. The minimum atomic E-state index is -1.01. The van der Waals surface area contributed by atoms with Crippen LogP contribution in [0.3, 0.4) is 0 Å². The molecule has 1 aliphatic heterocycles. The first-order valence-corrected chi connectivity index (χ1v) is 39.2. The largest absolute Gasteiger partial charge is 0.872 e. The van der Waals surface area contributed by atoms with E-state index >= 15 is 0 Å². The van der Waals surface area contributed by atoms with Crippen molar-refractivity contribution < 1.29 is 19.7 Å². The number of carbonyl (C=O) groups is 1. The van der Waals surface area contributed by atoms with Gasteiger partial charge in [-0.15, -0.1) is 5.75 Å². The lowest BCUT2D eigenvalue weighted by molar-refractivity contribution is -0.268. The summed E-state index contributed by atoms with van der Waals surface area (Å²) in [6.45, 7) is 7.94. The Hall–Kier alpha value is -15.7. The van der Waals surface area contributed by atoms with E-state index in [0.717, 1.165) is 70.6 Å². The van der Waals surface area contributed by atoms with Crippen LogP contribution in [0.1, 0.15) is 43.7 Å². The van der Waals surface area contributed by atoms with Crippen LogP contribution in [0.5, 0.6) is 17.2 Å². The van der Waals surface area contributed by atoms with Crippen LogP contribution in [0.15, 0.2) is 345 Å². The van der Waals surface area contributed by atoms with Crippen molar-refractivity contribution in [3.63, 3.8) is 0 Å². The summed E-state index contributed by atoms with van der Waals surface area (Å²) in [4.78, 5) is 31.2. The van der Waals surface area contributed by atoms with Crippen molar-refractivity contribution in [2.75, 3.05) is 38.0 Å². The lowest BCUT2D eigenvalue weighted by Crippen LogP contribution is -2.20. The van der Waals surface area contributed by atoms with Crippen molar-refractivity contribution in [2.24, 2.45) is 0 Å². The number of aromatic nitrogens is 1. The first-order valence-electron chi connectivity index (χ1n) is 39.2. The molecule has 23 rings (SSSR count). The van der Waals surface area contributed by atoms with Gasteiger partial charge in [0.2, 0.25) is 0 Å². The number of hydrogen-bond donors (Lipinski definition) is 2. The number of rotatable bonds is 4. The van der Waals surface area contributed by atoms with Crippen LogP contribution >= 0.6 is 0 Å². The molecule has 22 aromatic rings. The van der Waals surface area contributed by atoms with E-state index in [4.69, 9.17) is 4.74 Å². The Kier molecular flexibility index (Phi) is 18.4. The average molecular weight is 1520 g/mol. The average Bonchev–Trinajstić information content (AvgIpc) is 0.708. The summed E-state index contributed by atoms with van der Waals surface area (Å²) in [5.74, 6) is 13.1. The maximum Gasteiger partial charge on any atom is 0.336 e. The molecule has 0 amide bonds. The number of benzene rings is 21. The lowest BCUT2D eigenvalue weighted by Gasteiger charge is -2.23. The third-order valence-electron chi connectivity index (χ3n) is 22.8. The van der Waals surface area contributed by atoms with Crippen molar-refractivity contribution >= 4 is 176 Å². The van der Waals surface area contributed by atoms with E-state index < -0.39 is 5.97 Å². The van der Waals surface area contributed by atoms with Gasteiger partial charge in [0.15, 0.2) is 0 Å². The fourth-order valence-electron chi connectivity index (χ4n) is 17.3. The second kappa shape index (κ2) is 30.0. The number of hydrogen-bond acceptors (Lipinski definition) is 6. The fraction of sp³-hybridized carbons (Fsp3) is 0.0364. The molecule has 118 heavy (non-hydrogen) atoms. The van der Waals surface area contributed by atoms with Gasteiger partial charge in [-0.25, -0.2) is 4.79 Å². The van der Waals surface area contributed by atoms with Crippen molar-refractivity contribution in [1.82, 2.24) is 4.98 Å². The molecule has 0 atom stereocenters. The molecule has 0 bridgehead atoms. The highest BCUT2D eigenvalue weighted by molar-refractivity contribution is 6.37. The highest BCUT2D eigenvalue weighted by atomic mass is 16.5. The molecule has 0 saturated carbocycles. The summed E-state index contributed by atoms with van der Waals surface area (Å²) in [6, 6.07) is 115. The first kappa shape index (κ1) is 72.5. The summed E-state index contributed by atoms with van der Waals surface area (Å²) >= 11 is 0. The summed E-state index contributed by atoms with van der Waals surface area (Å²) in [6.07, 6.45) is 0. The molecule has 8 heteroatoms. The number of carboxylic acid groups (broad SMARTS) is 1. The van der Waals surface area contributed by atoms with Gasteiger partial charge in [0.1, 0.15) is 11.5 Å². The van der Waals surface area contributed by atoms with Gasteiger partial charge in [0.05, 0.1) is 5.56 Å². The maximum absolute atomic E-state index is 12.5. The maximum atomic E-state index is 12.5. The second-order valence-electron chi connectivity index (χ2n) is 30.3. The van der Waals surface area contributed by atoms with Gasteiger partial charge in [0, 0.05) is 99.7 Å². The number of aromatic carboxylic acids is 1. The summed E-state index contributed by atoms with van der Waals surface area (Å²) in [5, 5.41) is 56.2. The van der Waals surface area contributed by atoms with E-state index in [9.17, 15) is 19.8 Å². The Morgan fingerprint density at radius 1 is 0.347 bits per heavy atom. The van der Waals surface area contributed by atoms with Gasteiger partial charge >= 0.3 is 5.97 Å². The van der Waals surface area contributed by atoms with Crippen LogP contribution in [0.25, 0.3) is 159 Å². The number of pyridine rings is 1. The summed E-state index contributed by atoms with van der Waals surface area (Å²) < 4.78 is 5.88. The number of ether oxygens (including phenoxy) is 1. The van der Waals surface area contributed by atoms with Crippen molar-refractivity contribution in [1.29, 1.82) is 0 Å². The minimum absolute atomic E-state index is 0.0710. The van der Waals surface area contributed by atoms with E-state index in [-0.39, 0.29) is 16.9 Å². The molecule has 0 saturated heterocycles. The molecule has 0 aliphatic carbocycles. The number of anilines is 2. The number of aromatic amines is 1. The molecule has 1 aliphatic rings. The quantitative estimate of drug-likeness (QED) is 0.103. The van der Waals surface area contributed by atoms with Crippen LogP contribution in [-0.2, 0) is 0 Å². The molecular formula is C110H74N3O5-. The molecule has 21 aromatic carbocycles. The molecule has 1 aromatic heterocycles. The Labute approximate surface area is 680 Å². The molecule has 0 unspecified atom stereocenters. The monoisotopic (exact) mass is 1520 g/mol. The van der Waals surface area contributed by atoms with E-state index in [0.29, 0.717) is 28.0 Å². The van der Waals surface area contributed by atoms with E-state index in [1.54, 1.807) is 36.4 Å². The predicted octanol–water partition coefficient (Wildman–Crippen LogP) is 23.0. The van der Waals surface area contributed by atoms with E-state index in [2.05, 4.69) is 325 Å². The Morgan fingerprint density at radius 3 is 1.17 bits per heavy atom. The standard InChI is InChI=1S/C30H26N2.C23H13NO.C21H14O4.C20H12.C16H10/c1-31(2)27-19-11-23(12-20-27)9-15-25-17-18-26(30-8-6-5-7-29(25)30)16-10-24-13-21-28(22-14-24)32(3)4;1-12-14-8-9-17-15-6-2-4-13-5-3-7-16(20(13)15)18-10-11-19(23(25)24-12)21(14)22(17)18;1-12-6-8-16-18(10-12)25-19-11-13(22)7-9-17(19)20(16)14-4-2-3-5-15(14)21(23)24;1-5-13-6-2-11-17-18-12-4-8-14-7-3-10-16(20(14)18)15(9-1)19(13)17;1-3-11-7-9-13-5-2-6-14-10-8-12(4-1)15(11)16(13)14/h5-8,11-14,17-22H,1-4H3;2-11H,1H2,(H,24,25);2-11,22H,1H2,(H,23,24);1-12H;1-10H/p-1. The van der Waals surface area contributed by atoms with E-state index in [1.165, 1.54) is 131 Å². The molecule has 0 radical (unpaired) electrons. The Morgan fingerprint density at radius 2 is 0.729 bits per heavy atom. The third-order valence-corrected chi connectivity index (χ3v) is 22.8. The fourth-order valence-corrected chi connectivity index (χ4v) is 17.3. The van der Waals surface area contributed by atoms with Crippen molar-refractivity contribution in [3.8, 4) is 40.9 Å². The van der Waals surface area contributed by atoms with Gasteiger partial charge in [-0.1, -0.05) is 292 Å². The SMILES string of the molecule is C=c1[nH]c(=O)c2ccc3c4cccc5cccc(c6ccc1c2c63)c54.C=c1ccc2c(c1)Oc1cc([O-])ccc1C=2c1ccccc1C(=O)O.CN(C)c1ccc(C#Cc2ccc(C#Cc3ccc(N(C)C)cc3)c3ccccc23)cc1.c1cc2ccc3cccc4ccc(c1)c2c34.c1cc2cccc3c4cccc5cccc(c(c1)c23)c54. The zero-order chi connectivity index (χ0) is 80.4. The number of H-pyrrole nitrogens is 1. The normalized spacial score (nSPS) is 11.5. The first-order chi connectivity index (χ1) is 57.7. The van der Waals surface area contributed by atoms with Crippen molar-refractivity contribution in [3.05, 3.63) is 405 Å². The highest BCUT2D eigenvalue weighted by Gasteiger charge is 2.24. The molecule has 0 fully saturated rings. The number of nitrogens with zero attached hydrogens (tertiary/aromatic N) is 2. The van der Waals surface area contributed by atoms with Crippen LogP contribution in [0.4, 0.5) is 11.4 Å².